The zero-order valence-corrected chi connectivity index (χ0v) is 13.0. The maximum absolute atomic E-state index is 6.14. The number of nitrogens with two attached hydrogens (primary N) is 1. The molecule has 0 unspecified atom stereocenters. The lowest BCUT2D eigenvalue weighted by Crippen LogP contribution is -2.46. The lowest BCUT2D eigenvalue weighted by atomic mass is 10.1. The summed E-state index contributed by atoms with van der Waals surface area (Å²) in [6.07, 6.45) is 0. The summed E-state index contributed by atoms with van der Waals surface area (Å²) < 4.78 is 0. The van der Waals surface area contributed by atoms with Crippen LogP contribution in [0.25, 0.3) is 0 Å². The summed E-state index contributed by atoms with van der Waals surface area (Å²) in [6.45, 7) is 6.02. The van der Waals surface area contributed by atoms with Crippen molar-refractivity contribution in [2.45, 2.75) is 6.92 Å². The number of halogens is 1. The van der Waals surface area contributed by atoms with Crippen molar-refractivity contribution in [1.29, 1.82) is 0 Å². The Bertz CT molecular complexity index is 616. The van der Waals surface area contributed by atoms with Gasteiger partial charge < -0.3 is 15.5 Å². The average Bonchev–Trinajstić information content (AvgIpc) is 2.48. The molecule has 0 atom stereocenters. The van der Waals surface area contributed by atoms with Gasteiger partial charge in [-0.3, -0.25) is 0 Å². The van der Waals surface area contributed by atoms with Crippen molar-refractivity contribution in [3.63, 3.8) is 0 Å². The summed E-state index contributed by atoms with van der Waals surface area (Å²) in [4.78, 5) is 4.75. The molecule has 0 bridgehead atoms. The standard InChI is InChI=1S/C17H20ClN3/c1-13-2-7-17(16(19)12-13)21-10-8-20(9-11-21)15-5-3-14(18)4-6-15/h2-7,12H,8-11,19H2,1H3. The van der Waals surface area contributed by atoms with E-state index in [0.29, 0.717) is 0 Å². The molecule has 2 aromatic carbocycles. The third-order valence-corrected chi connectivity index (χ3v) is 4.25. The summed E-state index contributed by atoms with van der Waals surface area (Å²) in [7, 11) is 0. The SMILES string of the molecule is Cc1ccc(N2CCN(c3ccc(Cl)cc3)CC2)c(N)c1. The van der Waals surface area contributed by atoms with E-state index in [4.69, 9.17) is 17.3 Å². The molecule has 4 heteroatoms. The van der Waals surface area contributed by atoms with Gasteiger partial charge in [-0.15, -0.1) is 0 Å². The zero-order chi connectivity index (χ0) is 14.8. The van der Waals surface area contributed by atoms with E-state index in [1.54, 1.807) is 0 Å². The van der Waals surface area contributed by atoms with E-state index in [1.165, 1.54) is 11.3 Å². The van der Waals surface area contributed by atoms with E-state index in [1.807, 2.05) is 18.2 Å². The Hall–Kier alpha value is -1.87. The highest BCUT2D eigenvalue weighted by molar-refractivity contribution is 6.30. The lowest BCUT2D eigenvalue weighted by Gasteiger charge is -2.38. The quantitative estimate of drug-likeness (QED) is 0.861. The largest absolute Gasteiger partial charge is 0.397 e. The molecule has 0 amide bonds. The number of aryl methyl sites for hydroxylation is 1. The van der Waals surface area contributed by atoms with Gasteiger partial charge in [0.25, 0.3) is 0 Å². The molecule has 0 aromatic heterocycles. The Morgan fingerprint density at radius 1 is 0.905 bits per heavy atom. The normalized spacial score (nSPS) is 15.3. The molecule has 2 N–H and O–H groups in total. The third-order valence-electron chi connectivity index (χ3n) is 4.00. The molecule has 0 saturated carbocycles. The number of nitrogens with zero attached hydrogens (tertiary/aromatic N) is 2. The molecule has 0 spiro atoms. The van der Waals surface area contributed by atoms with Crippen LogP contribution in [0, 0.1) is 6.92 Å². The molecular weight excluding hydrogens is 282 g/mol. The van der Waals surface area contributed by atoms with Crippen LogP contribution in [0.1, 0.15) is 5.56 Å². The van der Waals surface area contributed by atoms with Crippen molar-refractivity contribution in [1.82, 2.24) is 0 Å². The molecule has 1 fully saturated rings. The van der Waals surface area contributed by atoms with Crippen LogP contribution in [0.3, 0.4) is 0 Å². The van der Waals surface area contributed by atoms with Gasteiger partial charge in [-0.1, -0.05) is 17.7 Å². The van der Waals surface area contributed by atoms with Crippen LogP contribution in [-0.2, 0) is 0 Å². The molecule has 3 nitrogen and oxygen atoms in total. The van der Waals surface area contributed by atoms with Crippen LogP contribution in [0.15, 0.2) is 42.5 Å². The summed E-state index contributed by atoms with van der Waals surface area (Å²) in [5.74, 6) is 0. The van der Waals surface area contributed by atoms with Crippen LogP contribution < -0.4 is 15.5 Å². The number of hydrogen-bond acceptors (Lipinski definition) is 3. The zero-order valence-electron chi connectivity index (χ0n) is 12.2. The number of benzene rings is 2. The molecule has 2 aromatic rings. The lowest BCUT2D eigenvalue weighted by molar-refractivity contribution is 0.654. The molecule has 0 radical (unpaired) electrons. The number of piperazine rings is 1. The number of hydrogen-bond donors (Lipinski definition) is 1. The van der Waals surface area contributed by atoms with Crippen molar-refractivity contribution < 1.29 is 0 Å². The van der Waals surface area contributed by atoms with Crippen molar-refractivity contribution in [2.24, 2.45) is 0 Å². The van der Waals surface area contributed by atoms with Crippen molar-refractivity contribution in [3.05, 3.63) is 53.1 Å². The monoisotopic (exact) mass is 301 g/mol. The fourth-order valence-corrected chi connectivity index (χ4v) is 2.95. The van der Waals surface area contributed by atoms with Gasteiger partial charge in [-0.25, -0.2) is 0 Å². The molecule has 1 saturated heterocycles. The molecule has 1 heterocycles. The maximum Gasteiger partial charge on any atom is 0.0601 e. The minimum absolute atomic E-state index is 0.782. The minimum atomic E-state index is 0.782. The van der Waals surface area contributed by atoms with Crippen LogP contribution in [-0.4, -0.2) is 26.2 Å². The molecular formula is C17H20ClN3. The first-order valence-corrected chi connectivity index (χ1v) is 7.63. The Morgan fingerprint density at radius 2 is 1.52 bits per heavy atom. The molecule has 21 heavy (non-hydrogen) atoms. The topological polar surface area (TPSA) is 32.5 Å². The van der Waals surface area contributed by atoms with Crippen molar-refractivity contribution in [3.8, 4) is 0 Å². The Balaban J connectivity index is 1.68. The highest BCUT2D eigenvalue weighted by Gasteiger charge is 2.18. The summed E-state index contributed by atoms with van der Waals surface area (Å²) in [5, 5.41) is 0.782. The summed E-state index contributed by atoms with van der Waals surface area (Å²) >= 11 is 5.94. The Morgan fingerprint density at radius 3 is 2.14 bits per heavy atom. The molecule has 1 aliphatic rings. The molecule has 0 aliphatic carbocycles. The Labute approximate surface area is 130 Å². The van der Waals surface area contributed by atoms with Gasteiger partial charge in [0.15, 0.2) is 0 Å². The number of nitrogen functional groups attached to an aromatic ring is 1. The number of anilines is 3. The van der Waals surface area contributed by atoms with Gasteiger partial charge in [-0.2, -0.15) is 0 Å². The van der Waals surface area contributed by atoms with Gasteiger partial charge in [0, 0.05) is 36.9 Å². The third kappa shape index (κ3) is 3.08. The van der Waals surface area contributed by atoms with E-state index < -0.39 is 0 Å². The number of rotatable bonds is 2. The summed E-state index contributed by atoms with van der Waals surface area (Å²) in [6, 6.07) is 14.3. The first-order valence-electron chi connectivity index (χ1n) is 7.25. The highest BCUT2D eigenvalue weighted by Crippen LogP contribution is 2.26. The predicted molar refractivity (Wildman–Crippen MR) is 91.5 cm³/mol. The van der Waals surface area contributed by atoms with Gasteiger partial charge in [0.2, 0.25) is 0 Å². The van der Waals surface area contributed by atoms with Crippen molar-refractivity contribution >= 4 is 28.7 Å². The van der Waals surface area contributed by atoms with E-state index in [0.717, 1.165) is 42.6 Å². The van der Waals surface area contributed by atoms with Crippen molar-refractivity contribution in [2.75, 3.05) is 41.7 Å². The van der Waals surface area contributed by atoms with Gasteiger partial charge in [-0.05, 0) is 48.9 Å². The van der Waals surface area contributed by atoms with Crippen LogP contribution in [0.5, 0.6) is 0 Å². The smallest absolute Gasteiger partial charge is 0.0601 e. The second-order valence-electron chi connectivity index (χ2n) is 5.51. The van der Waals surface area contributed by atoms with E-state index in [-0.39, 0.29) is 0 Å². The average molecular weight is 302 g/mol. The summed E-state index contributed by atoms with van der Waals surface area (Å²) in [5.41, 5.74) is 10.6. The first kappa shape index (κ1) is 14.1. The molecule has 1 aliphatic heterocycles. The van der Waals surface area contributed by atoms with Gasteiger partial charge in [0.1, 0.15) is 0 Å². The van der Waals surface area contributed by atoms with E-state index in [2.05, 4.69) is 41.0 Å². The molecule has 3 rings (SSSR count). The first-order chi connectivity index (χ1) is 10.1. The van der Waals surface area contributed by atoms with E-state index in [9.17, 15) is 0 Å². The van der Waals surface area contributed by atoms with Crippen LogP contribution >= 0.6 is 11.6 Å². The predicted octanol–water partition coefficient (Wildman–Crippen LogP) is 3.56. The fourth-order valence-electron chi connectivity index (χ4n) is 2.82. The van der Waals surface area contributed by atoms with Gasteiger partial charge >= 0.3 is 0 Å². The second kappa shape index (κ2) is 5.86. The fraction of sp³-hybridized carbons (Fsp3) is 0.294. The van der Waals surface area contributed by atoms with E-state index >= 15 is 0 Å². The van der Waals surface area contributed by atoms with Gasteiger partial charge in [0.05, 0.1) is 11.4 Å². The molecule has 110 valence electrons. The van der Waals surface area contributed by atoms with Crippen LogP contribution in [0.2, 0.25) is 5.02 Å². The second-order valence-corrected chi connectivity index (χ2v) is 5.95. The highest BCUT2D eigenvalue weighted by atomic mass is 35.5. The van der Waals surface area contributed by atoms with Crippen LogP contribution in [0.4, 0.5) is 17.1 Å². The Kier molecular flexibility index (Phi) is 3.93. The minimum Gasteiger partial charge on any atom is -0.397 e. The maximum atomic E-state index is 6.14.